The second-order valence-corrected chi connectivity index (χ2v) is 3.89. The van der Waals surface area contributed by atoms with Gasteiger partial charge >= 0.3 is 0 Å². The van der Waals surface area contributed by atoms with Crippen molar-refractivity contribution < 1.29 is 9.53 Å². The number of nitriles is 1. The number of carbonyl (C=O) groups excluding carboxylic acids is 1. The van der Waals surface area contributed by atoms with Gasteiger partial charge in [-0.15, -0.1) is 0 Å². The number of rotatable bonds is 6. The van der Waals surface area contributed by atoms with Crippen LogP contribution in [0.2, 0.25) is 0 Å². The van der Waals surface area contributed by atoms with Crippen molar-refractivity contribution in [3.05, 3.63) is 29.6 Å². The van der Waals surface area contributed by atoms with Crippen LogP contribution in [0.1, 0.15) is 19.4 Å². The van der Waals surface area contributed by atoms with E-state index in [1.165, 1.54) is 12.4 Å². The summed E-state index contributed by atoms with van der Waals surface area (Å²) in [4.78, 5) is 14.5. The summed E-state index contributed by atoms with van der Waals surface area (Å²) in [5.41, 5.74) is 0.517. The number of allylic oxidation sites excluding steroid dienone is 1. The van der Waals surface area contributed by atoms with Gasteiger partial charge in [0.25, 0.3) is 0 Å². The van der Waals surface area contributed by atoms with Gasteiger partial charge in [0.1, 0.15) is 23.2 Å². The molecule has 0 aliphatic rings. The van der Waals surface area contributed by atoms with Gasteiger partial charge < -0.3 is 15.5 Å². The van der Waals surface area contributed by atoms with Crippen LogP contribution in [0.3, 0.4) is 0 Å². The normalized spacial score (nSPS) is 10.7. The molecule has 19 heavy (non-hydrogen) atoms. The molecule has 0 saturated heterocycles. The van der Waals surface area contributed by atoms with Gasteiger partial charge in [-0.2, -0.15) is 5.26 Å². The first-order valence-electron chi connectivity index (χ1n) is 5.60. The predicted octanol–water partition coefficient (Wildman–Crippen LogP) is 1.88. The average Bonchev–Trinajstić information content (AvgIpc) is 2.39. The molecule has 0 fully saturated rings. The van der Waals surface area contributed by atoms with E-state index in [1.54, 1.807) is 6.07 Å². The molecule has 1 rings (SSSR count). The molecule has 0 atom stereocenters. The molecule has 0 spiro atoms. The molecule has 1 aromatic rings. The Morgan fingerprint density at radius 2 is 2.37 bits per heavy atom. The monoisotopic (exact) mass is 258 g/mol. The zero-order valence-electron chi connectivity index (χ0n) is 10.7. The second kappa shape index (κ2) is 6.91. The zero-order chi connectivity index (χ0) is 14.3. The first-order chi connectivity index (χ1) is 9.10. The van der Waals surface area contributed by atoms with Crippen molar-refractivity contribution in [3.63, 3.8) is 0 Å². The Morgan fingerprint density at radius 3 is 2.89 bits per heavy atom. The topological polar surface area (TPSA) is 98.9 Å². The van der Waals surface area contributed by atoms with Gasteiger partial charge in [0.15, 0.2) is 6.29 Å². The van der Waals surface area contributed by atoms with Gasteiger partial charge in [0.2, 0.25) is 0 Å². The third-order valence-corrected chi connectivity index (χ3v) is 2.04. The third-order valence-electron chi connectivity index (χ3n) is 2.04. The molecule has 0 bridgehead atoms. The van der Waals surface area contributed by atoms with Crippen molar-refractivity contribution in [2.45, 2.75) is 20.0 Å². The maximum absolute atomic E-state index is 10.5. The molecule has 6 nitrogen and oxygen atoms in total. The summed E-state index contributed by atoms with van der Waals surface area (Å²) in [5, 5.41) is 18.7. The number of pyridine rings is 1. The molecule has 0 unspecified atom stereocenters. The third kappa shape index (κ3) is 4.24. The van der Waals surface area contributed by atoms with E-state index in [4.69, 9.17) is 15.4 Å². The summed E-state index contributed by atoms with van der Waals surface area (Å²) < 4.78 is 5.50. The number of hydrogen-bond acceptors (Lipinski definition) is 6. The number of ether oxygens (including phenoxy) is 1. The lowest BCUT2D eigenvalue weighted by atomic mass is 10.2. The maximum atomic E-state index is 10.5. The minimum absolute atomic E-state index is 0.0648. The van der Waals surface area contributed by atoms with E-state index in [-0.39, 0.29) is 11.7 Å². The lowest BCUT2D eigenvalue weighted by molar-refractivity contribution is -0.104. The van der Waals surface area contributed by atoms with E-state index in [9.17, 15) is 4.79 Å². The van der Waals surface area contributed by atoms with E-state index in [1.807, 2.05) is 19.9 Å². The van der Waals surface area contributed by atoms with Crippen LogP contribution < -0.4 is 10.1 Å². The van der Waals surface area contributed by atoms with Gasteiger partial charge in [-0.3, -0.25) is 4.79 Å². The number of aromatic nitrogens is 1. The SMILES string of the molecule is CC(C)Oc1cc(N/C=C(\C=N)C=O)ncc1C#N. The Morgan fingerprint density at radius 1 is 1.63 bits per heavy atom. The molecular formula is C13H14N4O2. The van der Waals surface area contributed by atoms with Crippen LogP contribution in [0.15, 0.2) is 24.0 Å². The Kier molecular flexibility index (Phi) is 5.23. The number of nitrogens with one attached hydrogen (secondary N) is 2. The van der Waals surface area contributed by atoms with Gasteiger partial charge in [0.05, 0.1) is 12.3 Å². The van der Waals surface area contributed by atoms with E-state index >= 15 is 0 Å². The summed E-state index contributed by atoms with van der Waals surface area (Å²) in [5.74, 6) is 0.849. The second-order valence-electron chi connectivity index (χ2n) is 3.89. The van der Waals surface area contributed by atoms with Crippen LogP contribution in [-0.2, 0) is 4.79 Å². The highest BCUT2D eigenvalue weighted by molar-refractivity contribution is 6.00. The molecule has 0 aliphatic heterocycles. The Hall–Kier alpha value is -2.68. The summed E-state index contributed by atoms with van der Waals surface area (Å²) in [6, 6.07) is 3.56. The van der Waals surface area contributed by atoms with E-state index in [0.717, 1.165) is 6.21 Å². The number of nitrogens with zero attached hydrogens (tertiary/aromatic N) is 2. The van der Waals surface area contributed by atoms with Crippen LogP contribution in [-0.4, -0.2) is 23.6 Å². The molecule has 98 valence electrons. The Balaban J connectivity index is 2.98. The van der Waals surface area contributed by atoms with Crippen LogP contribution in [0.4, 0.5) is 5.82 Å². The average molecular weight is 258 g/mol. The number of carbonyl (C=O) groups is 1. The molecular weight excluding hydrogens is 244 g/mol. The molecule has 1 aromatic heterocycles. The van der Waals surface area contributed by atoms with Gasteiger partial charge in [-0.1, -0.05) is 0 Å². The van der Waals surface area contributed by atoms with Gasteiger partial charge in [0, 0.05) is 24.1 Å². The van der Waals surface area contributed by atoms with Crippen LogP contribution in [0.5, 0.6) is 5.75 Å². The molecule has 2 N–H and O–H groups in total. The molecule has 0 saturated carbocycles. The molecule has 0 aliphatic carbocycles. The van der Waals surface area contributed by atoms with Crippen molar-refractivity contribution in [3.8, 4) is 11.8 Å². The minimum Gasteiger partial charge on any atom is -0.489 e. The van der Waals surface area contributed by atoms with Crippen LogP contribution in [0, 0.1) is 16.7 Å². The highest BCUT2D eigenvalue weighted by Crippen LogP contribution is 2.21. The van der Waals surface area contributed by atoms with E-state index in [0.29, 0.717) is 23.4 Å². The molecule has 6 heteroatoms. The summed E-state index contributed by atoms with van der Waals surface area (Å²) in [7, 11) is 0. The molecule has 0 aromatic carbocycles. The largest absolute Gasteiger partial charge is 0.489 e. The lowest BCUT2D eigenvalue weighted by Gasteiger charge is -2.12. The smallest absolute Gasteiger partial charge is 0.153 e. The number of hydrogen-bond donors (Lipinski definition) is 2. The zero-order valence-corrected chi connectivity index (χ0v) is 10.7. The maximum Gasteiger partial charge on any atom is 0.153 e. The molecule has 0 amide bonds. The van der Waals surface area contributed by atoms with E-state index < -0.39 is 0 Å². The van der Waals surface area contributed by atoms with Crippen LogP contribution in [0.25, 0.3) is 0 Å². The van der Waals surface area contributed by atoms with Crippen molar-refractivity contribution >= 4 is 18.3 Å². The standard InChI is InChI=1S/C13H14N4O2/c1-9(2)19-12-3-13(17-7-11(12)5-15)16-6-10(4-14)8-18/h3-4,6-9,14H,1-2H3,(H,16,17)/b10-6+,14-4?. The number of anilines is 1. The Bertz CT molecular complexity index is 534. The van der Waals surface area contributed by atoms with E-state index in [2.05, 4.69) is 10.3 Å². The van der Waals surface area contributed by atoms with Crippen LogP contribution >= 0.6 is 0 Å². The number of aldehydes is 1. The first-order valence-corrected chi connectivity index (χ1v) is 5.60. The van der Waals surface area contributed by atoms with Gasteiger partial charge in [-0.05, 0) is 13.8 Å². The lowest BCUT2D eigenvalue weighted by Crippen LogP contribution is -2.07. The molecule has 0 radical (unpaired) electrons. The summed E-state index contributed by atoms with van der Waals surface area (Å²) >= 11 is 0. The van der Waals surface area contributed by atoms with Crippen molar-refractivity contribution in [1.29, 1.82) is 10.7 Å². The van der Waals surface area contributed by atoms with Crippen molar-refractivity contribution in [2.75, 3.05) is 5.32 Å². The fraction of sp³-hybridized carbons (Fsp3) is 0.231. The van der Waals surface area contributed by atoms with Gasteiger partial charge in [-0.25, -0.2) is 4.98 Å². The Labute approximate surface area is 111 Å². The fourth-order valence-corrected chi connectivity index (χ4v) is 1.22. The van der Waals surface area contributed by atoms with Crippen molar-refractivity contribution in [1.82, 2.24) is 4.98 Å². The molecule has 1 heterocycles. The minimum atomic E-state index is -0.0648. The first kappa shape index (κ1) is 14.4. The summed E-state index contributed by atoms with van der Waals surface area (Å²) in [6.07, 6.45) is 4.15. The van der Waals surface area contributed by atoms with Crippen molar-refractivity contribution in [2.24, 2.45) is 0 Å². The quantitative estimate of drug-likeness (QED) is 0.461. The predicted molar refractivity (Wildman–Crippen MR) is 71.3 cm³/mol. The highest BCUT2D eigenvalue weighted by Gasteiger charge is 2.07. The fourth-order valence-electron chi connectivity index (χ4n) is 1.22. The summed E-state index contributed by atoms with van der Waals surface area (Å²) in [6.45, 7) is 3.71. The highest BCUT2D eigenvalue weighted by atomic mass is 16.5.